The van der Waals surface area contributed by atoms with Gasteiger partial charge < -0.3 is 9.64 Å². The number of anilines is 1. The number of aromatic nitrogens is 5. The van der Waals surface area contributed by atoms with Crippen LogP contribution in [0.15, 0.2) is 41.6 Å². The molecule has 0 spiro atoms. The molecular formula is C23H22ClFN6O2. The van der Waals surface area contributed by atoms with Gasteiger partial charge in [0.2, 0.25) is 0 Å². The zero-order valence-electron chi connectivity index (χ0n) is 18.4. The lowest BCUT2D eigenvalue weighted by molar-refractivity contribution is 0.0397. The molecule has 4 heterocycles. The monoisotopic (exact) mass is 468 g/mol. The summed E-state index contributed by atoms with van der Waals surface area (Å²) in [4.78, 5) is 24.1. The van der Waals surface area contributed by atoms with Crippen LogP contribution in [0.3, 0.4) is 0 Å². The van der Waals surface area contributed by atoms with Gasteiger partial charge in [-0.1, -0.05) is 11.6 Å². The molecule has 0 N–H and O–H groups in total. The minimum atomic E-state index is -0.598. The molecule has 0 bridgehead atoms. The number of rotatable bonds is 3. The van der Waals surface area contributed by atoms with Crippen molar-refractivity contribution >= 4 is 28.2 Å². The average Bonchev–Trinajstić information content (AvgIpc) is 3.23. The smallest absolute Gasteiger partial charge is 0.261 e. The molecule has 4 aromatic rings. The summed E-state index contributed by atoms with van der Waals surface area (Å²) in [7, 11) is 3.51. The normalized spacial score (nSPS) is 16.5. The van der Waals surface area contributed by atoms with Crippen molar-refractivity contribution in [3.05, 3.63) is 69.4 Å². The molecule has 0 aliphatic carbocycles. The molecule has 0 saturated carbocycles. The van der Waals surface area contributed by atoms with Gasteiger partial charge >= 0.3 is 0 Å². The van der Waals surface area contributed by atoms with Gasteiger partial charge in [0.15, 0.2) is 5.82 Å². The molecule has 1 aliphatic heterocycles. The van der Waals surface area contributed by atoms with Crippen molar-refractivity contribution in [1.29, 1.82) is 0 Å². The lowest BCUT2D eigenvalue weighted by Gasteiger charge is -2.34. The van der Waals surface area contributed by atoms with E-state index >= 15 is 0 Å². The number of hydrogen-bond donors (Lipinski definition) is 0. The highest BCUT2D eigenvalue weighted by Gasteiger charge is 2.25. The quantitative estimate of drug-likeness (QED) is 0.458. The highest BCUT2D eigenvalue weighted by molar-refractivity contribution is 6.30. The third kappa shape index (κ3) is 3.87. The Morgan fingerprint density at radius 3 is 2.76 bits per heavy atom. The second-order valence-corrected chi connectivity index (χ2v) is 8.58. The molecule has 10 heteroatoms. The van der Waals surface area contributed by atoms with Gasteiger partial charge in [0.05, 0.1) is 28.7 Å². The zero-order chi connectivity index (χ0) is 23.3. The number of nitrogens with zero attached hydrogens (tertiary/aromatic N) is 6. The predicted molar refractivity (Wildman–Crippen MR) is 124 cm³/mol. The molecule has 1 aromatic carbocycles. The van der Waals surface area contributed by atoms with Gasteiger partial charge in [-0.25, -0.2) is 9.37 Å². The molecule has 3 aromatic heterocycles. The Balaban J connectivity index is 1.67. The van der Waals surface area contributed by atoms with Crippen LogP contribution in [0, 0.1) is 12.7 Å². The lowest BCUT2D eigenvalue weighted by Crippen LogP contribution is -2.38. The van der Waals surface area contributed by atoms with E-state index in [1.54, 1.807) is 30.9 Å². The van der Waals surface area contributed by atoms with Crippen LogP contribution in [0.1, 0.15) is 17.5 Å². The van der Waals surface area contributed by atoms with E-state index in [1.807, 2.05) is 19.3 Å². The highest BCUT2D eigenvalue weighted by Crippen LogP contribution is 2.34. The van der Waals surface area contributed by atoms with Crippen molar-refractivity contribution in [2.45, 2.75) is 13.0 Å². The Bertz CT molecular complexity index is 1430. The summed E-state index contributed by atoms with van der Waals surface area (Å²) in [5.41, 5.74) is 2.47. The van der Waals surface area contributed by atoms with Crippen LogP contribution >= 0.6 is 11.6 Å². The number of pyridine rings is 1. The maximum Gasteiger partial charge on any atom is 0.261 e. The Kier molecular flexibility index (Phi) is 5.38. The number of hydrogen-bond acceptors (Lipinski definition) is 6. The van der Waals surface area contributed by atoms with Crippen molar-refractivity contribution in [3.8, 4) is 11.3 Å². The van der Waals surface area contributed by atoms with Crippen molar-refractivity contribution in [2.24, 2.45) is 14.1 Å². The molecule has 0 amide bonds. The molecule has 0 unspecified atom stereocenters. The fourth-order valence-corrected chi connectivity index (χ4v) is 4.31. The summed E-state index contributed by atoms with van der Waals surface area (Å²) in [6.45, 7) is 3.50. The average molecular weight is 469 g/mol. The molecule has 1 aliphatic rings. The van der Waals surface area contributed by atoms with E-state index in [-0.39, 0.29) is 22.4 Å². The van der Waals surface area contributed by atoms with Gasteiger partial charge in [0, 0.05) is 56.4 Å². The number of halogens is 2. The summed E-state index contributed by atoms with van der Waals surface area (Å²) >= 11 is 5.92. The second-order valence-electron chi connectivity index (χ2n) is 8.15. The molecule has 170 valence electrons. The SMILES string of the molecule is Cc1nc2cc(N3CCO[C@H](c4cnn(C)c4)C3)cc(-c3ncc(Cl)cc3F)c2c(=O)n1C. The summed E-state index contributed by atoms with van der Waals surface area (Å²) in [6, 6.07) is 4.86. The van der Waals surface area contributed by atoms with Crippen molar-refractivity contribution in [2.75, 3.05) is 24.6 Å². The molecule has 8 nitrogen and oxygen atoms in total. The number of benzene rings is 1. The van der Waals surface area contributed by atoms with Gasteiger partial charge in [0.1, 0.15) is 17.6 Å². The molecular weight excluding hydrogens is 447 g/mol. The molecule has 33 heavy (non-hydrogen) atoms. The zero-order valence-corrected chi connectivity index (χ0v) is 19.2. The van der Waals surface area contributed by atoms with Crippen molar-refractivity contribution in [3.63, 3.8) is 0 Å². The highest BCUT2D eigenvalue weighted by atomic mass is 35.5. The van der Waals surface area contributed by atoms with Crippen LogP contribution in [0.4, 0.5) is 10.1 Å². The largest absolute Gasteiger partial charge is 0.370 e. The van der Waals surface area contributed by atoms with Crippen LogP contribution in [0.5, 0.6) is 0 Å². The van der Waals surface area contributed by atoms with Gasteiger partial charge in [-0.3, -0.25) is 19.0 Å². The predicted octanol–water partition coefficient (Wildman–Crippen LogP) is 3.41. The van der Waals surface area contributed by atoms with E-state index in [0.717, 1.165) is 11.3 Å². The first-order valence-corrected chi connectivity index (χ1v) is 10.9. The third-order valence-electron chi connectivity index (χ3n) is 5.98. The maximum absolute atomic E-state index is 14.9. The van der Waals surface area contributed by atoms with E-state index in [0.29, 0.717) is 42.0 Å². The summed E-state index contributed by atoms with van der Waals surface area (Å²) < 4.78 is 24.1. The summed E-state index contributed by atoms with van der Waals surface area (Å²) in [5.74, 6) is -0.0332. The number of aryl methyl sites for hydroxylation is 2. The van der Waals surface area contributed by atoms with Crippen LogP contribution < -0.4 is 10.5 Å². The molecule has 5 rings (SSSR count). The molecule has 0 radical (unpaired) electrons. The van der Waals surface area contributed by atoms with E-state index < -0.39 is 5.82 Å². The van der Waals surface area contributed by atoms with E-state index in [9.17, 15) is 9.18 Å². The molecule has 1 fully saturated rings. The van der Waals surface area contributed by atoms with Crippen molar-refractivity contribution in [1.82, 2.24) is 24.3 Å². The maximum atomic E-state index is 14.9. The Morgan fingerprint density at radius 2 is 2.03 bits per heavy atom. The van der Waals surface area contributed by atoms with Gasteiger partial charge in [-0.15, -0.1) is 0 Å². The Hall–Kier alpha value is -3.30. The van der Waals surface area contributed by atoms with Crippen LogP contribution in [0.2, 0.25) is 5.02 Å². The minimum absolute atomic E-state index is 0.0612. The topological polar surface area (TPSA) is 78.1 Å². The van der Waals surface area contributed by atoms with Gasteiger partial charge in [0.25, 0.3) is 5.56 Å². The number of fused-ring (bicyclic) bond motifs is 1. The Morgan fingerprint density at radius 1 is 1.21 bits per heavy atom. The van der Waals surface area contributed by atoms with Gasteiger partial charge in [-0.05, 0) is 25.1 Å². The first kappa shape index (κ1) is 21.5. The summed E-state index contributed by atoms with van der Waals surface area (Å²) in [6.07, 6.45) is 4.94. The first-order valence-electron chi connectivity index (χ1n) is 10.5. The summed E-state index contributed by atoms with van der Waals surface area (Å²) in [5, 5.41) is 4.74. The van der Waals surface area contributed by atoms with Crippen LogP contribution in [-0.4, -0.2) is 44.0 Å². The third-order valence-corrected chi connectivity index (χ3v) is 6.19. The van der Waals surface area contributed by atoms with Crippen LogP contribution in [0.25, 0.3) is 22.2 Å². The molecule has 1 saturated heterocycles. The standard InChI is InChI=1S/C23H22ClFN6O2/c1-13-28-19-8-16(31-4-5-33-20(12-31)14-9-27-29(2)11-14)7-17(21(19)23(32)30(13)3)22-18(25)6-15(24)10-26-22/h6-11,20H,4-5,12H2,1-3H3/t20-/m0/s1. The number of morpholine rings is 1. The van der Waals surface area contributed by atoms with E-state index in [1.165, 1.54) is 16.8 Å². The minimum Gasteiger partial charge on any atom is -0.370 e. The Labute approximate surface area is 194 Å². The van der Waals surface area contributed by atoms with E-state index in [2.05, 4.69) is 20.0 Å². The van der Waals surface area contributed by atoms with Gasteiger partial charge in [-0.2, -0.15) is 5.10 Å². The second kappa shape index (κ2) is 8.24. The fraction of sp³-hybridized carbons (Fsp3) is 0.304. The first-order chi connectivity index (χ1) is 15.8. The molecule has 1 atom stereocenters. The number of ether oxygens (including phenoxy) is 1. The van der Waals surface area contributed by atoms with Crippen LogP contribution in [-0.2, 0) is 18.8 Å². The lowest BCUT2D eigenvalue weighted by atomic mass is 10.0. The van der Waals surface area contributed by atoms with E-state index in [4.69, 9.17) is 16.3 Å². The van der Waals surface area contributed by atoms with Crippen molar-refractivity contribution < 1.29 is 9.13 Å². The fourth-order valence-electron chi connectivity index (χ4n) is 4.16.